The molecular formula is C15H12NO. The van der Waals surface area contributed by atoms with E-state index in [-0.39, 0.29) is 0 Å². The van der Waals surface area contributed by atoms with Gasteiger partial charge in [0, 0.05) is 23.2 Å². The molecule has 0 saturated heterocycles. The first-order valence-electron chi connectivity index (χ1n) is 5.51. The Kier molecular flexibility index (Phi) is 2.33. The van der Waals surface area contributed by atoms with Crippen LogP contribution in [0, 0.1) is 6.07 Å². The number of ether oxygens (including phenoxy) is 1. The number of aromatic nitrogens is 1. The lowest BCUT2D eigenvalue weighted by atomic mass is 10.1. The molecule has 0 unspecified atom stereocenters. The largest absolute Gasteiger partial charge is 0.495 e. The Balaban J connectivity index is 2.27. The average molecular weight is 222 g/mol. The molecule has 0 saturated carbocycles. The first kappa shape index (κ1) is 9.97. The predicted octanol–water partition coefficient (Wildman–Crippen LogP) is 3.64. The normalized spacial score (nSPS) is 10.6. The van der Waals surface area contributed by atoms with E-state index in [2.05, 4.69) is 23.2 Å². The van der Waals surface area contributed by atoms with E-state index in [1.165, 1.54) is 10.8 Å². The molecule has 83 valence electrons. The molecule has 1 aromatic heterocycles. The van der Waals surface area contributed by atoms with Crippen molar-refractivity contribution in [3.8, 4) is 17.0 Å². The summed E-state index contributed by atoms with van der Waals surface area (Å²) in [5.41, 5.74) is 2.12. The van der Waals surface area contributed by atoms with Crippen LogP contribution in [0.5, 0.6) is 5.75 Å². The zero-order valence-electron chi connectivity index (χ0n) is 9.53. The summed E-state index contributed by atoms with van der Waals surface area (Å²) in [7, 11) is 1.67. The van der Waals surface area contributed by atoms with Gasteiger partial charge in [-0.25, -0.2) is 0 Å². The van der Waals surface area contributed by atoms with Crippen molar-refractivity contribution >= 4 is 10.8 Å². The molecule has 0 atom stereocenters. The summed E-state index contributed by atoms with van der Waals surface area (Å²) in [4.78, 5) is 3.30. The zero-order chi connectivity index (χ0) is 11.7. The van der Waals surface area contributed by atoms with Crippen LogP contribution in [0.15, 0.2) is 48.7 Å². The minimum absolute atomic E-state index is 0.764. The Morgan fingerprint density at radius 1 is 1.12 bits per heavy atom. The summed E-state index contributed by atoms with van der Waals surface area (Å²) in [6, 6.07) is 17.2. The van der Waals surface area contributed by atoms with Crippen LogP contribution in [-0.2, 0) is 0 Å². The Hall–Kier alpha value is -2.22. The lowest BCUT2D eigenvalue weighted by molar-refractivity contribution is 0.415. The molecule has 3 aromatic rings. The molecule has 2 nitrogen and oxygen atoms in total. The second-order valence-electron chi connectivity index (χ2n) is 3.87. The van der Waals surface area contributed by atoms with Crippen molar-refractivity contribution in [3.05, 3.63) is 54.7 Å². The highest BCUT2D eigenvalue weighted by molar-refractivity contribution is 5.96. The second kappa shape index (κ2) is 3.98. The van der Waals surface area contributed by atoms with Gasteiger partial charge in [0.15, 0.2) is 0 Å². The number of rotatable bonds is 2. The highest BCUT2D eigenvalue weighted by Gasteiger charge is 2.09. The van der Waals surface area contributed by atoms with Gasteiger partial charge in [0.2, 0.25) is 0 Å². The highest BCUT2D eigenvalue weighted by Crippen LogP contribution is 2.33. The average Bonchev–Trinajstić information content (AvgIpc) is 2.82. The van der Waals surface area contributed by atoms with Crippen molar-refractivity contribution in [1.29, 1.82) is 0 Å². The van der Waals surface area contributed by atoms with Crippen molar-refractivity contribution in [3.63, 3.8) is 0 Å². The van der Waals surface area contributed by atoms with Crippen LogP contribution in [0.1, 0.15) is 0 Å². The standard InChI is InChI=1S/C15H12NO/c1-17-14-9-5-4-8-13(14)15-12-7-3-2-6-11(12)10-16-15/h2-8,10,16H,1H3. The summed E-state index contributed by atoms with van der Waals surface area (Å²) in [6.45, 7) is 0. The predicted molar refractivity (Wildman–Crippen MR) is 69.1 cm³/mol. The summed E-state index contributed by atoms with van der Waals surface area (Å²) in [5.74, 6) is 0.764. The van der Waals surface area contributed by atoms with Gasteiger partial charge < -0.3 is 9.72 Å². The minimum atomic E-state index is 0.764. The van der Waals surface area contributed by atoms with E-state index >= 15 is 0 Å². The first-order valence-corrected chi connectivity index (χ1v) is 5.51. The van der Waals surface area contributed by atoms with Crippen LogP contribution >= 0.6 is 0 Å². The van der Waals surface area contributed by atoms with E-state index in [1.54, 1.807) is 7.11 Å². The summed E-state index contributed by atoms with van der Waals surface area (Å²) < 4.78 is 5.34. The number of H-pyrrole nitrogens is 1. The third-order valence-corrected chi connectivity index (χ3v) is 2.89. The van der Waals surface area contributed by atoms with E-state index in [1.807, 2.05) is 36.5 Å². The van der Waals surface area contributed by atoms with Gasteiger partial charge in [-0.15, -0.1) is 0 Å². The second-order valence-corrected chi connectivity index (χ2v) is 3.87. The van der Waals surface area contributed by atoms with Crippen LogP contribution in [-0.4, -0.2) is 12.1 Å². The number of benzene rings is 2. The number of methoxy groups -OCH3 is 1. The van der Waals surface area contributed by atoms with Crippen LogP contribution in [0.25, 0.3) is 22.0 Å². The van der Waals surface area contributed by atoms with E-state index in [0.717, 1.165) is 17.0 Å². The van der Waals surface area contributed by atoms with Crippen molar-refractivity contribution < 1.29 is 4.74 Å². The van der Waals surface area contributed by atoms with Crippen LogP contribution in [0.2, 0.25) is 0 Å². The summed E-state index contributed by atoms with van der Waals surface area (Å²) in [5, 5.41) is 2.40. The monoisotopic (exact) mass is 222 g/mol. The number of hydrogen-bond donors (Lipinski definition) is 1. The lowest BCUT2D eigenvalue weighted by Crippen LogP contribution is -1.87. The molecule has 1 heterocycles. The fraction of sp³-hybridized carbons (Fsp3) is 0.0667. The minimum Gasteiger partial charge on any atom is -0.495 e. The van der Waals surface area contributed by atoms with Gasteiger partial charge in [-0.2, -0.15) is 0 Å². The summed E-state index contributed by atoms with van der Waals surface area (Å²) >= 11 is 0. The van der Waals surface area contributed by atoms with Gasteiger partial charge in [0.05, 0.1) is 12.8 Å². The maximum absolute atomic E-state index is 5.34. The third kappa shape index (κ3) is 1.58. The number of hydrogen-bond acceptors (Lipinski definition) is 1. The molecule has 1 N–H and O–H groups in total. The molecule has 17 heavy (non-hydrogen) atoms. The number of para-hydroxylation sites is 1. The molecule has 0 bridgehead atoms. The SMILES string of the molecule is COc1[c]cccc1-c1[nH]cc2ccccc12. The number of fused-ring (bicyclic) bond motifs is 1. The van der Waals surface area contributed by atoms with Crippen molar-refractivity contribution in [2.75, 3.05) is 7.11 Å². The summed E-state index contributed by atoms with van der Waals surface area (Å²) in [6.07, 6.45) is 2.01. The van der Waals surface area contributed by atoms with E-state index in [9.17, 15) is 0 Å². The number of nitrogens with one attached hydrogen (secondary N) is 1. The van der Waals surface area contributed by atoms with Crippen molar-refractivity contribution in [2.45, 2.75) is 0 Å². The highest BCUT2D eigenvalue weighted by atomic mass is 16.5. The molecule has 0 aliphatic carbocycles. The Bertz CT molecular complexity index is 655. The third-order valence-electron chi connectivity index (χ3n) is 2.89. The molecule has 2 aromatic carbocycles. The van der Waals surface area contributed by atoms with Crippen molar-refractivity contribution in [2.24, 2.45) is 0 Å². The molecular weight excluding hydrogens is 210 g/mol. The van der Waals surface area contributed by atoms with Crippen molar-refractivity contribution in [1.82, 2.24) is 4.98 Å². The Morgan fingerprint density at radius 3 is 2.88 bits per heavy atom. The Morgan fingerprint density at radius 2 is 2.00 bits per heavy atom. The molecule has 0 aliphatic heterocycles. The molecule has 0 fully saturated rings. The quantitative estimate of drug-likeness (QED) is 0.703. The van der Waals surface area contributed by atoms with Gasteiger partial charge in [-0.1, -0.05) is 36.4 Å². The molecule has 2 heteroatoms. The maximum atomic E-state index is 5.34. The van der Waals surface area contributed by atoms with E-state index in [0.29, 0.717) is 0 Å². The smallest absolute Gasteiger partial charge is 0.136 e. The lowest BCUT2D eigenvalue weighted by Gasteiger charge is -2.06. The molecule has 0 amide bonds. The van der Waals surface area contributed by atoms with Gasteiger partial charge in [-0.05, 0) is 11.5 Å². The zero-order valence-corrected chi connectivity index (χ0v) is 9.53. The van der Waals surface area contributed by atoms with Gasteiger partial charge in [0.25, 0.3) is 0 Å². The molecule has 0 aliphatic rings. The topological polar surface area (TPSA) is 25.0 Å². The fourth-order valence-corrected chi connectivity index (χ4v) is 2.09. The van der Waals surface area contributed by atoms with E-state index in [4.69, 9.17) is 4.74 Å². The Labute approximate surface area is 99.9 Å². The number of aromatic amines is 1. The van der Waals surface area contributed by atoms with Crippen LogP contribution in [0.4, 0.5) is 0 Å². The van der Waals surface area contributed by atoms with E-state index < -0.39 is 0 Å². The maximum Gasteiger partial charge on any atom is 0.136 e. The molecule has 3 rings (SSSR count). The molecule has 0 spiro atoms. The first-order chi connectivity index (χ1) is 8.40. The van der Waals surface area contributed by atoms with Gasteiger partial charge in [-0.3, -0.25) is 0 Å². The molecule has 1 radical (unpaired) electrons. The fourth-order valence-electron chi connectivity index (χ4n) is 2.09. The van der Waals surface area contributed by atoms with Gasteiger partial charge in [0.1, 0.15) is 5.75 Å². The van der Waals surface area contributed by atoms with Crippen LogP contribution < -0.4 is 4.74 Å². The van der Waals surface area contributed by atoms with Gasteiger partial charge >= 0.3 is 0 Å². The van der Waals surface area contributed by atoms with Crippen LogP contribution in [0.3, 0.4) is 0 Å².